The molecule has 0 atom stereocenters. The van der Waals surface area contributed by atoms with Gasteiger partial charge in [0.1, 0.15) is 0 Å². The van der Waals surface area contributed by atoms with Gasteiger partial charge in [-0.1, -0.05) is 35.9 Å². The Kier molecular flexibility index (Phi) is 5.17. The SMILES string of the molecule is Cc1ccc(CNC(=O)c2cccc(CN3CCCC3=O)c2)c(C)c1. The predicted molar refractivity (Wildman–Crippen MR) is 98.2 cm³/mol. The zero-order valence-corrected chi connectivity index (χ0v) is 14.8. The molecule has 1 saturated heterocycles. The molecule has 3 rings (SSSR count). The van der Waals surface area contributed by atoms with Gasteiger partial charge in [-0.05, 0) is 49.1 Å². The van der Waals surface area contributed by atoms with Crippen LogP contribution in [0.5, 0.6) is 0 Å². The summed E-state index contributed by atoms with van der Waals surface area (Å²) in [6.07, 6.45) is 1.56. The van der Waals surface area contributed by atoms with Crippen LogP contribution in [0.15, 0.2) is 42.5 Å². The van der Waals surface area contributed by atoms with Crippen molar-refractivity contribution in [2.75, 3.05) is 6.54 Å². The number of amides is 2. The first-order chi connectivity index (χ1) is 12.0. The average Bonchev–Trinajstić information content (AvgIpc) is 2.99. The third kappa shape index (κ3) is 4.27. The minimum Gasteiger partial charge on any atom is -0.348 e. The molecule has 0 bridgehead atoms. The van der Waals surface area contributed by atoms with Gasteiger partial charge in [-0.15, -0.1) is 0 Å². The van der Waals surface area contributed by atoms with Crippen LogP contribution >= 0.6 is 0 Å². The number of nitrogens with one attached hydrogen (secondary N) is 1. The Bertz CT molecular complexity index is 798. The number of carbonyl (C=O) groups excluding carboxylic acids is 2. The molecule has 25 heavy (non-hydrogen) atoms. The monoisotopic (exact) mass is 336 g/mol. The molecule has 1 aliphatic heterocycles. The standard InChI is InChI=1S/C21H24N2O2/c1-15-8-9-19(16(2)11-15)13-22-21(25)18-6-3-5-17(12-18)14-23-10-4-7-20(23)24/h3,5-6,8-9,11-12H,4,7,10,13-14H2,1-2H3,(H,22,25). The van der Waals surface area contributed by atoms with Crippen molar-refractivity contribution >= 4 is 11.8 Å². The molecular weight excluding hydrogens is 312 g/mol. The topological polar surface area (TPSA) is 49.4 Å². The molecule has 0 saturated carbocycles. The molecule has 2 aromatic rings. The highest BCUT2D eigenvalue weighted by atomic mass is 16.2. The second-order valence-corrected chi connectivity index (χ2v) is 6.73. The number of likely N-dealkylation sites (tertiary alicyclic amines) is 1. The molecule has 0 aromatic heterocycles. The van der Waals surface area contributed by atoms with Crippen LogP contribution in [0.2, 0.25) is 0 Å². The molecule has 4 nitrogen and oxygen atoms in total. The first kappa shape index (κ1) is 17.2. The van der Waals surface area contributed by atoms with E-state index in [9.17, 15) is 9.59 Å². The second-order valence-electron chi connectivity index (χ2n) is 6.73. The summed E-state index contributed by atoms with van der Waals surface area (Å²) >= 11 is 0. The van der Waals surface area contributed by atoms with Crippen molar-refractivity contribution in [2.24, 2.45) is 0 Å². The molecule has 1 aliphatic rings. The lowest BCUT2D eigenvalue weighted by atomic mass is 10.1. The molecule has 0 radical (unpaired) electrons. The summed E-state index contributed by atoms with van der Waals surface area (Å²) in [7, 11) is 0. The summed E-state index contributed by atoms with van der Waals surface area (Å²) in [6.45, 7) is 6.02. The van der Waals surface area contributed by atoms with Crippen molar-refractivity contribution < 1.29 is 9.59 Å². The minimum atomic E-state index is -0.0884. The van der Waals surface area contributed by atoms with Gasteiger partial charge in [0.2, 0.25) is 5.91 Å². The summed E-state index contributed by atoms with van der Waals surface area (Å²) in [6, 6.07) is 13.8. The van der Waals surface area contributed by atoms with Gasteiger partial charge in [0.05, 0.1) is 0 Å². The lowest BCUT2D eigenvalue weighted by molar-refractivity contribution is -0.128. The smallest absolute Gasteiger partial charge is 0.251 e. The Morgan fingerprint density at radius 2 is 2.00 bits per heavy atom. The van der Waals surface area contributed by atoms with Crippen molar-refractivity contribution in [1.82, 2.24) is 10.2 Å². The number of rotatable bonds is 5. The van der Waals surface area contributed by atoms with Crippen molar-refractivity contribution in [1.29, 1.82) is 0 Å². The van der Waals surface area contributed by atoms with Crippen LogP contribution in [0.3, 0.4) is 0 Å². The fraction of sp³-hybridized carbons (Fsp3) is 0.333. The first-order valence-electron chi connectivity index (χ1n) is 8.74. The lowest BCUT2D eigenvalue weighted by Crippen LogP contribution is -2.25. The largest absolute Gasteiger partial charge is 0.348 e. The van der Waals surface area contributed by atoms with E-state index in [2.05, 4.69) is 37.4 Å². The van der Waals surface area contributed by atoms with Crippen molar-refractivity contribution in [3.63, 3.8) is 0 Å². The number of carbonyl (C=O) groups is 2. The van der Waals surface area contributed by atoms with Crippen LogP contribution in [-0.2, 0) is 17.9 Å². The summed E-state index contributed by atoms with van der Waals surface area (Å²) in [4.78, 5) is 26.1. The molecule has 1 N–H and O–H groups in total. The Labute approximate surface area is 148 Å². The van der Waals surface area contributed by atoms with E-state index < -0.39 is 0 Å². The van der Waals surface area contributed by atoms with Gasteiger partial charge in [-0.2, -0.15) is 0 Å². The third-order valence-electron chi connectivity index (χ3n) is 4.67. The van der Waals surface area contributed by atoms with E-state index in [4.69, 9.17) is 0 Å². The fourth-order valence-corrected chi connectivity index (χ4v) is 3.22. The predicted octanol–water partition coefficient (Wildman–Crippen LogP) is 3.36. The normalized spacial score (nSPS) is 14.0. The van der Waals surface area contributed by atoms with Crippen LogP contribution in [0.25, 0.3) is 0 Å². The van der Waals surface area contributed by atoms with Gasteiger partial charge in [0.15, 0.2) is 0 Å². The van der Waals surface area contributed by atoms with Crippen molar-refractivity contribution in [3.8, 4) is 0 Å². The van der Waals surface area contributed by atoms with E-state index in [1.807, 2.05) is 29.2 Å². The van der Waals surface area contributed by atoms with E-state index >= 15 is 0 Å². The third-order valence-corrected chi connectivity index (χ3v) is 4.67. The van der Waals surface area contributed by atoms with Gasteiger partial charge in [-0.25, -0.2) is 0 Å². The van der Waals surface area contributed by atoms with Crippen LogP contribution in [0, 0.1) is 13.8 Å². The molecule has 130 valence electrons. The number of aryl methyl sites for hydroxylation is 2. The molecule has 1 heterocycles. The van der Waals surface area contributed by atoms with Crippen LogP contribution in [-0.4, -0.2) is 23.3 Å². The van der Waals surface area contributed by atoms with E-state index in [0.717, 1.165) is 24.1 Å². The summed E-state index contributed by atoms with van der Waals surface area (Å²) in [5, 5.41) is 2.99. The van der Waals surface area contributed by atoms with E-state index in [1.54, 1.807) is 0 Å². The molecule has 2 amide bonds. The zero-order valence-electron chi connectivity index (χ0n) is 14.8. The summed E-state index contributed by atoms with van der Waals surface area (Å²) < 4.78 is 0. The molecular formula is C21H24N2O2. The van der Waals surface area contributed by atoms with Gasteiger partial charge in [0.25, 0.3) is 5.91 Å². The maximum absolute atomic E-state index is 12.5. The summed E-state index contributed by atoms with van der Waals surface area (Å²) in [5.41, 5.74) is 5.15. The van der Waals surface area contributed by atoms with E-state index in [-0.39, 0.29) is 11.8 Å². The highest BCUT2D eigenvalue weighted by molar-refractivity contribution is 5.94. The summed E-state index contributed by atoms with van der Waals surface area (Å²) in [5.74, 6) is 0.110. The lowest BCUT2D eigenvalue weighted by Gasteiger charge is -2.16. The van der Waals surface area contributed by atoms with Crippen molar-refractivity contribution in [2.45, 2.75) is 39.8 Å². The van der Waals surface area contributed by atoms with Gasteiger partial charge in [-0.3, -0.25) is 9.59 Å². The Morgan fingerprint density at radius 3 is 2.72 bits per heavy atom. The first-order valence-corrected chi connectivity index (χ1v) is 8.74. The van der Waals surface area contributed by atoms with Gasteiger partial charge < -0.3 is 10.2 Å². The second kappa shape index (κ2) is 7.51. The highest BCUT2D eigenvalue weighted by Crippen LogP contribution is 2.15. The molecule has 4 heteroatoms. The Balaban J connectivity index is 1.63. The maximum Gasteiger partial charge on any atom is 0.251 e. The fourth-order valence-electron chi connectivity index (χ4n) is 3.22. The molecule has 0 unspecified atom stereocenters. The quantitative estimate of drug-likeness (QED) is 0.910. The Hall–Kier alpha value is -2.62. The molecule has 2 aromatic carbocycles. The number of hydrogen-bond acceptors (Lipinski definition) is 2. The van der Waals surface area contributed by atoms with Crippen LogP contribution in [0.1, 0.15) is 45.5 Å². The molecule has 1 fully saturated rings. The number of hydrogen-bond donors (Lipinski definition) is 1. The number of nitrogens with zero attached hydrogens (tertiary/aromatic N) is 1. The van der Waals surface area contributed by atoms with Crippen LogP contribution < -0.4 is 5.32 Å². The zero-order chi connectivity index (χ0) is 17.8. The highest BCUT2D eigenvalue weighted by Gasteiger charge is 2.20. The minimum absolute atomic E-state index is 0.0884. The van der Waals surface area contributed by atoms with Gasteiger partial charge >= 0.3 is 0 Å². The maximum atomic E-state index is 12.5. The van der Waals surface area contributed by atoms with Crippen LogP contribution in [0.4, 0.5) is 0 Å². The van der Waals surface area contributed by atoms with Crippen molar-refractivity contribution in [3.05, 3.63) is 70.3 Å². The molecule has 0 aliphatic carbocycles. The molecule has 0 spiro atoms. The van der Waals surface area contributed by atoms with E-state index in [1.165, 1.54) is 11.1 Å². The van der Waals surface area contributed by atoms with Gasteiger partial charge in [0, 0.05) is 31.6 Å². The Morgan fingerprint density at radius 1 is 1.16 bits per heavy atom. The average molecular weight is 336 g/mol. The van der Waals surface area contributed by atoms with E-state index in [0.29, 0.717) is 25.1 Å². The number of benzene rings is 2.